The number of amides is 3. The highest BCUT2D eigenvalue weighted by Gasteiger charge is 2.35. The number of piperazine rings is 1. The first-order valence-corrected chi connectivity index (χ1v) is 13.5. The Morgan fingerprint density at radius 2 is 2.11 bits per heavy atom. The smallest absolute Gasteiger partial charge is 0.319 e. The van der Waals surface area contributed by atoms with Crippen LogP contribution in [-0.4, -0.2) is 80.6 Å². The van der Waals surface area contributed by atoms with Crippen LogP contribution in [0.15, 0.2) is 29.3 Å². The SMILES string of the molecule is C=Nc1cc(CN2COCCNC2=O)sc1/C(=C\C)c1cc(Cl)cc2c1O[C@@H](C(=O)N1CCNCC1)C2. The molecular weight excluding hydrogens is 514 g/mol. The molecular formula is C26H30ClN5O4S. The van der Waals surface area contributed by atoms with Crippen molar-refractivity contribution in [3.8, 4) is 5.75 Å². The van der Waals surface area contributed by atoms with Crippen molar-refractivity contribution in [1.29, 1.82) is 0 Å². The van der Waals surface area contributed by atoms with E-state index in [1.54, 1.807) is 4.90 Å². The number of hydrogen-bond donors (Lipinski definition) is 2. The van der Waals surface area contributed by atoms with Gasteiger partial charge in [-0.15, -0.1) is 11.3 Å². The van der Waals surface area contributed by atoms with Crippen molar-refractivity contribution in [2.75, 3.05) is 46.1 Å². The summed E-state index contributed by atoms with van der Waals surface area (Å²) in [5.74, 6) is 0.683. The molecule has 2 saturated heterocycles. The molecule has 5 rings (SSSR count). The Labute approximate surface area is 225 Å². The summed E-state index contributed by atoms with van der Waals surface area (Å²) in [6.45, 7) is 10.2. The molecule has 196 valence electrons. The maximum Gasteiger partial charge on any atom is 0.319 e. The molecule has 3 aliphatic rings. The molecule has 2 fully saturated rings. The molecule has 37 heavy (non-hydrogen) atoms. The number of thiophene rings is 1. The van der Waals surface area contributed by atoms with Crippen LogP contribution in [0.25, 0.3) is 5.57 Å². The number of carbonyl (C=O) groups is 2. The van der Waals surface area contributed by atoms with Crippen molar-refractivity contribution in [3.05, 3.63) is 50.2 Å². The van der Waals surface area contributed by atoms with Crippen LogP contribution in [0.3, 0.4) is 0 Å². The van der Waals surface area contributed by atoms with E-state index in [0.29, 0.717) is 55.7 Å². The fourth-order valence-electron chi connectivity index (χ4n) is 4.86. The topological polar surface area (TPSA) is 95.5 Å². The number of halogens is 1. The van der Waals surface area contributed by atoms with E-state index < -0.39 is 6.10 Å². The lowest BCUT2D eigenvalue weighted by molar-refractivity contribution is -0.138. The molecule has 3 aliphatic heterocycles. The number of fused-ring (bicyclic) bond motifs is 1. The zero-order valence-electron chi connectivity index (χ0n) is 20.7. The van der Waals surface area contributed by atoms with Crippen molar-refractivity contribution in [1.82, 2.24) is 20.4 Å². The second kappa shape index (κ2) is 11.2. The Balaban J connectivity index is 1.43. The quantitative estimate of drug-likeness (QED) is 0.544. The summed E-state index contributed by atoms with van der Waals surface area (Å²) in [5.41, 5.74) is 3.34. The first kappa shape index (κ1) is 25.7. The Bertz CT molecular complexity index is 1240. The van der Waals surface area contributed by atoms with Crippen molar-refractivity contribution >= 4 is 52.9 Å². The third-order valence-corrected chi connectivity index (χ3v) is 8.02. The number of rotatable bonds is 6. The van der Waals surface area contributed by atoms with Crippen molar-refractivity contribution in [2.45, 2.75) is 26.0 Å². The molecule has 1 aromatic heterocycles. The molecule has 0 spiro atoms. The Hall–Kier alpha value is -2.92. The number of urea groups is 1. The molecule has 0 bridgehead atoms. The minimum absolute atomic E-state index is 0.00611. The number of hydrogen-bond acceptors (Lipinski definition) is 7. The second-order valence-corrected chi connectivity index (χ2v) is 10.7. The molecule has 1 aromatic carbocycles. The van der Waals surface area contributed by atoms with Gasteiger partial charge in [-0.1, -0.05) is 17.7 Å². The van der Waals surface area contributed by atoms with E-state index in [0.717, 1.165) is 39.5 Å². The van der Waals surface area contributed by atoms with Crippen LogP contribution in [0.5, 0.6) is 5.75 Å². The molecule has 0 radical (unpaired) electrons. The monoisotopic (exact) mass is 543 g/mol. The minimum Gasteiger partial charge on any atom is -0.479 e. The number of benzene rings is 1. The Kier molecular flexibility index (Phi) is 7.80. The van der Waals surface area contributed by atoms with Crippen LogP contribution in [0.2, 0.25) is 5.02 Å². The van der Waals surface area contributed by atoms with Gasteiger partial charge >= 0.3 is 6.03 Å². The average molecular weight is 544 g/mol. The summed E-state index contributed by atoms with van der Waals surface area (Å²) in [5, 5.41) is 6.69. The molecule has 3 amide bonds. The summed E-state index contributed by atoms with van der Waals surface area (Å²) in [7, 11) is 0. The van der Waals surface area contributed by atoms with Gasteiger partial charge in [-0.25, -0.2) is 4.79 Å². The van der Waals surface area contributed by atoms with Gasteiger partial charge in [-0.2, -0.15) is 0 Å². The third-order valence-electron chi connectivity index (χ3n) is 6.66. The van der Waals surface area contributed by atoms with E-state index in [2.05, 4.69) is 22.3 Å². The lowest BCUT2D eigenvalue weighted by Crippen LogP contribution is -2.50. The van der Waals surface area contributed by atoms with Gasteiger partial charge in [0.05, 0.1) is 23.7 Å². The number of nitrogens with zero attached hydrogens (tertiary/aromatic N) is 3. The molecule has 4 heterocycles. The Morgan fingerprint density at radius 3 is 2.86 bits per heavy atom. The first-order valence-electron chi connectivity index (χ1n) is 12.3. The highest BCUT2D eigenvalue weighted by atomic mass is 35.5. The number of ether oxygens (including phenoxy) is 2. The molecule has 2 aromatic rings. The first-order chi connectivity index (χ1) is 18.0. The zero-order valence-corrected chi connectivity index (χ0v) is 22.3. The van der Waals surface area contributed by atoms with E-state index in [-0.39, 0.29) is 18.7 Å². The molecule has 0 saturated carbocycles. The Morgan fingerprint density at radius 1 is 1.30 bits per heavy atom. The molecule has 9 nitrogen and oxygen atoms in total. The van der Waals surface area contributed by atoms with E-state index in [1.807, 2.05) is 36.1 Å². The van der Waals surface area contributed by atoms with Gasteiger partial charge in [0.2, 0.25) is 0 Å². The van der Waals surface area contributed by atoms with Crippen molar-refractivity contribution in [2.24, 2.45) is 4.99 Å². The lowest BCUT2D eigenvalue weighted by atomic mass is 9.98. The molecule has 0 aliphatic carbocycles. The fraction of sp³-hybridized carbons (Fsp3) is 0.423. The van der Waals surface area contributed by atoms with Gasteiger partial charge in [-0.05, 0) is 31.8 Å². The maximum absolute atomic E-state index is 13.2. The van der Waals surface area contributed by atoms with Crippen LogP contribution >= 0.6 is 22.9 Å². The van der Waals surface area contributed by atoms with Crippen molar-refractivity contribution in [3.63, 3.8) is 0 Å². The third kappa shape index (κ3) is 5.38. The van der Waals surface area contributed by atoms with Crippen LogP contribution in [-0.2, 0) is 22.5 Å². The number of aliphatic imine (C=N–C) groups is 1. The van der Waals surface area contributed by atoms with Crippen LogP contribution in [0.1, 0.15) is 27.8 Å². The van der Waals surface area contributed by atoms with Gasteiger partial charge in [0.15, 0.2) is 6.10 Å². The molecule has 2 N–H and O–H groups in total. The lowest BCUT2D eigenvalue weighted by Gasteiger charge is -2.29. The van der Waals surface area contributed by atoms with Gasteiger partial charge in [0.1, 0.15) is 12.5 Å². The predicted octanol–water partition coefficient (Wildman–Crippen LogP) is 3.42. The zero-order chi connectivity index (χ0) is 25.9. The number of nitrogens with one attached hydrogen (secondary N) is 2. The normalized spacial score (nSPS) is 20.2. The van der Waals surface area contributed by atoms with Gasteiger partial charge in [0.25, 0.3) is 5.91 Å². The highest BCUT2D eigenvalue weighted by molar-refractivity contribution is 7.13. The average Bonchev–Trinajstić information content (AvgIpc) is 3.46. The summed E-state index contributed by atoms with van der Waals surface area (Å²) >= 11 is 8.08. The van der Waals surface area contributed by atoms with Crippen molar-refractivity contribution < 1.29 is 19.1 Å². The van der Waals surface area contributed by atoms with Crippen LogP contribution in [0, 0.1) is 0 Å². The highest BCUT2D eigenvalue weighted by Crippen LogP contribution is 2.45. The van der Waals surface area contributed by atoms with Gasteiger partial charge in [-0.3, -0.25) is 14.7 Å². The summed E-state index contributed by atoms with van der Waals surface area (Å²) in [6, 6.07) is 5.53. The largest absolute Gasteiger partial charge is 0.479 e. The minimum atomic E-state index is -0.569. The fourth-order valence-corrected chi connectivity index (χ4v) is 6.32. The summed E-state index contributed by atoms with van der Waals surface area (Å²) < 4.78 is 11.8. The number of carbonyl (C=O) groups excluding carboxylic acids is 2. The maximum atomic E-state index is 13.2. The summed E-state index contributed by atoms with van der Waals surface area (Å²) in [6.07, 6.45) is 1.91. The molecule has 0 unspecified atom stereocenters. The standard InChI is InChI=1S/C26H30ClN5O4S/c1-3-19(24-21(28-2)13-18(37-24)14-32-15-35-9-6-30-26(32)34)20-12-17(27)10-16-11-22(36-23(16)20)25(33)31-7-4-29-5-8-31/h3,10,12-13,22,29H,2,4-9,11,14-15H2,1H3,(H,30,34)/b19-3-/t22-/m1/s1. The van der Waals surface area contributed by atoms with E-state index >= 15 is 0 Å². The van der Waals surface area contributed by atoms with E-state index in [4.69, 9.17) is 21.1 Å². The van der Waals surface area contributed by atoms with Gasteiger partial charge < -0.3 is 25.0 Å². The van der Waals surface area contributed by atoms with Gasteiger partial charge in [0, 0.05) is 65.7 Å². The second-order valence-electron chi connectivity index (χ2n) is 9.08. The number of allylic oxidation sites excluding steroid dienone is 1. The molecule has 11 heteroatoms. The van der Waals surface area contributed by atoms with Crippen LogP contribution in [0.4, 0.5) is 10.5 Å². The van der Waals surface area contributed by atoms with E-state index in [1.165, 1.54) is 11.3 Å². The van der Waals surface area contributed by atoms with Crippen LogP contribution < -0.4 is 15.4 Å². The summed E-state index contributed by atoms with van der Waals surface area (Å²) in [4.78, 5) is 35.2. The molecule has 1 atom stereocenters. The predicted molar refractivity (Wildman–Crippen MR) is 145 cm³/mol. The van der Waals surface area contributed by atoms with E-state index in [9.17, 15) is 9.59 Å².